The molecule has 0 aliphatic heterocycles. The van der Waals surface area contributed by atoms with Crippen LogP contribution in [0.15, 0.2) is 55.0 Å². The summed E-state index contributed by atoms with van der Waals surface area (Å²) in [6.45, 7) is 1.04. The molecule has 0 aliphatic carbocycles. The van der Waals surface area contributed by atoms with Crippen LogP contribution in [0.2, 0.25) is 0 Å². The van der Waals surface area contributed by atoms with Gasteiger partial charge in [-0.25, -0.2) is 9.97 Å². The Kier molecular flexibility index (Phi) is 5.83. The fourth-order valence-corrected chi connectivity index (χ4v) is 2.65. The minimum absolute atomic E-state index is 0.0518. The summed E-state index contributed by atoms with van der Waals surface area (Å²) in [5.74, 6) is 0.473. The van der Waals surface area contributed by atoms with Crippen molar-refractivity contribution in [2.24, 2.45) is 7.05 Å². The predicted octanol–water partition coefficient (Wildman–Crippen LogP) is 2.94. The van der Waals surface area contributed by atoms with Crippen LogP contribution in [0, 0.1) is 0 Å². The van der Waals surface area contributed by atoms with Gasteiger partial charge in [0, 0.05) is 63.2 Å². The van der Waals surface area contributed by atoms with Crippen LogP contribution in [-0.2, 0) is 11.8 Å². The van der Waals surface area contributed by atoms with Gasteiger partial charge in [-0.2, -0.15) is 0 Å². The zero-order valence-electron chi connectivity index (χ0n) is 15.7. The number of likely N-dealkylation sites (N-methyl/N-ethyl adjacent to an activating group) is 1. The number of nitrogens with one attached hydrogen (secondary N) is 1. The molecule has 2 heterocycles. The largest absolute Gasteiger partial charge is 0.383 e. The summed E-state index contributed by atoms with van der Waals surface area (Å²) >= 11 is 0. The minimum atomic E-state index is -0.0518. The highest BCUT2D eigenvalue weighted by atomic mass is 16.5. The SMILES string of the molecule is COCCN(C)C(=O)c1cc(-c2cnc(Nc3ccccc3)nc2)cn1C. The van der Waals surface area contributed by atoms with Gasteiger partial charge in [0.05, 0.1) is 6.61 Å². The third kappa shape index (κ3) is 4.51. The Hall–Kier alpha value is -3.19. The van der Waals surface area contributed by atoms with Gasteiger partial charge < -0.3 is 19.5 Å². The van der Waals surface area contributed by atoms with Gasteiger partial charge in [0.1, 0.15) is 5.69 Å². The molecule has 3 aromatic rings. The van der Waals surface area contributed by atoms with E-state index in [2.05, 4.69) is 15.3 Å². The molecule has 2 aromatic heterocycles. The third-order valence-electron chi connectivity index (χ3n) is 4.22. The molecule has 0 spiro atoms. The Morgan fingerprint density at radius 1 is 1.19 bits per heavy atom. The summed E-state index contributed by atoms with van der Waals surface area (Å²) in [6.07, 6.45) is 5.40. The van der Waals surface area contributed by atoms with Crippen LogP contribution in [0.4, 0.5) is 11.6 Å². The summed E-state index contributed by atoms with van der Waals surface area (Å²) < 4.78 is 6.85. The number of nitrogens with zero attached hydrogens (tertiary/aromatic N) is 4. The second-order valence-corrected chi connectivity index (χ2v) is 6.23. The van der Waals surface area contributed by atoms with Crippen molar-refractivity contribution in [3.8, 4) is 11.1 Å². The van der Waals surface area contributed by atoms with Crippen molar-refractivity contribution in [1.82, 2.24) is 19.4 Å². The third-order valence-corrected chi connectivity index (χ3v) is 4.22. The van der Waals surface area contributed by atoms with E-state index in [9.17, 15) is 4.79 Å². The first-order chi connectivity index (χ1) is 13.1. The van der Waals surface area contributed by atoms with E-state index in [-0.39, 0.29) is 5.91 Å². The number of amides is 1. The monoisotopic (exact) mass is 365 g/mol. The Balaban J connectivity index is 1.74. The Morgan fingerprint density at radius 2 is 1.89 bits per heavy atom. The number of methoxy groups -OCH3 is 1. The number of aryl methyl sites for hydroxylation is 1. The van der Waals surface area contributed by atoms with Crippen LogP contribution in [0.1, 0.15) is 10.5 Å². The van der Waals surface area contributed by atoms with Crippen molar-refractivity contribution < 1.29 is 9.53 Å². The number of carbonyl (C=O) groups is 1. The van der Waals surface area contributed by atoms with Crippen molar-refractivity contribution in [3.05, 3.63) is 60.7 Å². The average molecular weight is 365 g/mol. The molecule has 7 nitrogen and oxygen atoms in total. The normalized spacial score (nSPS) is 10.6. The lowest BCUT2D eigenvalue weighted by Gasteiger charge is -2.16. The number of ether oxygens (including phenoxy) is 1. The highest BCUT2D eigenvalue weighted by molar-refractivity contribution is 5.94. The predicted molar refractivity (Wildman–Crippen MR) is 105 cm³/mol. The number of rotatable bonds is 7. The second-order valence-electron chi connectivity index (χ2n) is 6.23. The quantitative estimate of drug-likeness (QED) is 0.697. The molecule has 0 saturated heterocycles. The number of hydrogen-bond donors (Lipinski definition) is 1. The van der Waals surface area contributed by atoms with Gasteiger partial charge in [-0.05, 0) is 18.2 Å². The van der Waals surface area contributed by atoms with E-state index in [1.54, 1.807) is 31.5 Å². The van der Waals surface area contributed by atoms with Gasteiger partial charge >= 0.3 is 0 Å². The van der Waals surface area contributed by atoms with Crippen LogP contribution < -0.4 is 5.32 Å². The first kappa shape index (κ1) is 18.6. The van der Waals surface area contributed by atoms with Crippen molar-refractivity contribution >= 4 is 17.5 Å². The van der Waals surface area contributed by atoms with Crippen molar-refractivity contribution in [3.63, 3.8) is 0 Å². The maximum atomic E-state index is 12.6. The van der Waals surface area contributed by atoms with Crippen LogP contribution in [0.3, 0.4) is 0 Å². The summed E-state index contributed by atoms with van der Waals surface area (Å²) in [5.41, 5.74) is 3.28. The van der Waals surface area contributed by atoms with Crippen LogP contribution in [-0.4, -0.2) is 52.7 Å². The number of carbonyl (C=O) groups excluding carboxylic acids is 1. The molecule has 7 heteroatoms. The van der Waals surface area contributed by atoms with Crippen molar-refractivity contribution in [2.45, 2.75) is 0 Å². The Morgan fingerprint density at radius 3 is 2.56 bits per heavy atom. The number of benzene rings is 1. The molecule has 0 bridgehead atoms. The van der Waals surface area contributed by atoms with Crippen molar-refractivity contribution in [2.75, 3.05) is 32.6 Å². The fourth-order valence-electron chi connectivity index (χ4n) is 2.65. The first-order valence-corrected chi connectivity index (χ1v) is 8.63. The Bertz CT molecular complexity index is 890. The van der Waals surface area contributed by atoms with Crippen LogP contribution >= 0.6 is 0 Å². The van der Waals surface area contributed by atoms with E-state index in [1.165, 1.54) is 0 Å². The lowest BCUT2D eigenvalue weighted by molar-refractivity contribution is 0.0735. The molecular formula is C20H23N5O2. The zero-order valence-corrected chi connectivity index (χ0v) is 15.7. The molecule has 1 N–H and O–H groups in total. The van der Waals surface area contributed by atoms with Gasteiger partial charge in [-0.15, -0.1) is 0 Å². The molecule has 140 valence electrons. The number of para-hydroxylation sites is 1. The molecule has 0 fully saturated rings. The topological polar surface area (TPSA) is 72.3 Å². The number of aromatic nitrogens is 3. The molecule has 0 atom stereocenters. The summed E-state index contributed by atoms with van der Waals surface area (Å²) in [5, 5.41) is 3.15. The smallest absolute Gasteiger partial charge is 0.270 e. The molecule has 3 rings (SSSR count). The highest BCUT2D eigenvalue weighted by Gasteiger charge is 2.17. The maximum Gasteiger partial charge on any atom is 0.270 e. The van der Waals surface area contributed by atoms with E-state index in [1.807, 2.05) is 54.2 Å². The molecule has 1 amide bonds. The van der Waals surface area contributed by atoms with Gasteiger partial charge in [0.15, 0.2) is 0 Å². The summed E-state index contributed by atoms with van der Waals surface area (Å²) in [4.78, 5) is 23.0. The van der Waals surface area contributed by atoms with E-state index < -0.39 is 0 Å². The van der Waals surface area contributed by atoms with Crippen molar-refractivity contribution in [1.29, 1.82) is 0 Å². The van der Waals surface area contributed by atoms with E-state index >= 15 is 0 Å². The first-order valence-electron chi connectivity index (χ1n) is 8.63. The average Bonchev–Trinajstić information content (AvgIpc) is 3.08. The molecule has 0 radical (unpaired) electrons. The summed E-state index contributed by atoms with van der Waals surface area (Å²) in [7, 11) is 5.24. The van der Waals surface area contributed by atoms with E-state index in [4.69, 9.17) is 4.74 Å². The molecule has 1 aromatic carbocycles. The van der Waals surface area contributed by atoms with Crippen LogP contribution in [0.25, 0.3) is 11.1 Å². The highest BCUT2D eigenvalue weighted by Crippen LogP contribution is 2.22. The lowest BCUT2D eigenvalue weighted by atomic mass is 10.2. The molecule has 0 saturated carbocycles. The summed E-state index contributed by atoms with van der Waals surface area (Å²) in [6, 6.07) is 11.6. The van der Waals surface area contributed by atoms with Gasteiger partial charge in [-0.3, -0.25) is 4.79 Å². The lowest BCUT2D eigenvalue weighted by Crippen LogP contribution is -2.31. The molecule has 0 unspecified atom stereocenters. The van der Waals surface area contributed by atoms with E-state index in [0.29, 0.717) is 24.8 Å². The van der Waals surface area contributed by atoms with Gasteiger partial charge in [-0.1, -0.05) is 18.2 Å². The van der Waals surface area contributed by atoms with E-state index in [0.717, 1.165) is 16.8 Å². The van der Waals surface area contributed by atoms with Gasteiger partial charge in [0.2, 0.25) is 5.95 Å². The zero-order chi connectivity index (χ0) is 19.2. The minimum Gasteiger partial charge on any atom is -0.383 e. The number of hydrogen-bond acceptors (Lipinski definition) is 5. The second kappa shape index (κ2) is 8.46. The van der Waals surface area contributed by atoms with Gasteiger partial charge in [0.25, 0.3) is 5.91 Å². The Labute approximate surface area is 158 Å². The molecule has 0 aliphatic rings. The molecular weight excluding hydrogens is 342 g/mol. The fraction of sp³-hybridized carbons (Fsp3) is 0.250. The van der Waals surface area contributed by atoms with Crippen LogP contribution in [0.5, 0.6) is 0 Å². The molecule has 27 heavy (non-hydrogen) atoms. The standard InChI is InChI=1S/C20H23N5O2/c1-24(9-10-27-3)19(26)18-11-15(14-25(18)2)16-12-21-20(22-13-16)23-17-7-5-4-6-8-17/h4-8,11-14H,9-10H2,1-3H3,(H,21,22,23). The number of anilines is 2. The maximum absolute atomic E-state index is 12.6.